The fourth-order valence-electron chi connectivity index (χ4n) is 5.48. The highest BCUT2D eigenvalue weighted by Crippen LogP contribution is 2.46. The van der Waals surface area contributed by atoms with E-state index < -0.39 is 0 Å². The number of ether oxygens (including phenoxy) is 1. The molecule has 0 unspecified atom stereocenters. The molecule has 0 saturated carbocycles. The monoisotopic (exact) mass is 489 g/mol. The van der Waals surface area contributed by atoms with Crippen LogP contribution in [0.15, 0.2) is 103 Å². The van der Waals surface area contributed by atoms with Crippen LogP contribution in [0.2, 0.25) is 0 Å². The van der Waals surface area contributed by atoms with Crippen molar-refractivity contribution in [2.75, 3.05) is 38.0 Å². The first kappa shape index (κ1) is 23.5. The standard InChI is InChI=1S/C32H31N3O2/c36-31(33-25-14-16-26(17-15-25)37-23-24-8-2-1-3-9-24)22-34-18-20-35(21-19-34)32-29-12-6-4-10-27(29)28-11-5-7-13-30(28)32/h1-17,32H,18-23H2,(H,33,36). The Labute approximate surface area is 218 Å². The molecular weight excluding hydrogens is 458 g/mol. The summed E-state index contributed by atoms with van der Waals surface area (Å²) in [5.74, 6) is 0.802. The summed E-state index contributed by atoms with van der Waals surface area (Å²) in [5.41, 5.74) is 7.40. The number of benzene rings is 4. The van der Waals surface area contributed by atoms with Crippen LogP contribution in [0.1, 0.15) is 22.7 Å². The molecule has 4 aromatic carbocycles. The molecule has 4 aromatic rings. The largest absolute Gasteiger partial charge is 0.489 e. The predicted octanol–water partition coefficient (Wildman–Crippen LogP) is 5.59. The van der Waals surface area contributed by atoms with Crippen LogP contribution in [0.5, 0.6) is 5.75 Å². The van der Waals surface area contributed by atoms with Gasteiger partial charge in [-0.3, -0.25) is 14.6 Å². The molecule has 1 aliphatic heterocycles. The second kappa shape index (κ2) is 10.6. The van der Waals surface area contributed by atoms with Gasteiger partial charge in [-0.25, -0.2) is 0 Å². The van der Waals surface area contributed by atoms with Crippen LogP contribution in [0, 0.1) is 0 Å². The van der Waals surface area contributed by atoms with Crippen LogP contribution >= 0.6 is 0 Å². The highest BCUT2D eigenvalue weighted by atomic mass is 16.5. The predicted molar refractivity (Wildman–Crippen MR) is 148 cm³/mol. The Morgan fingerprint density at radius 1 is 0.730 bits per heavy atom. The highest BCUT2D eigenvalue weighted by molar-refractivity contribution is 5.92. The van der Waals surface area contributed by atoms with Gasteiger partial charge < -0.3 is 10.1 Å². The Bertz CT molecular complexity index is 1320. The van der Waals surface area contributed by atoms with Crippen molar-refractivity contribution in [1.29, 1.82) is 0 Å². The van der Waals surface area contributed by atoms with Crippen LogP contribution in [0.25, 0.3) is 11.1 Å². The summed E-state index contributed by atoms with van der Waals surface area (Å²) in [7, 11) is 0. The van der Waals surface area contributed by atoms with Gasteiger partial charge in [-0.15, -0.1) is 0 Å². The zero-order valence-electron chi connectivity index (χ0n) is 20.8. The molecule has 1 N–H and O–H groups in total. The van der Waals surface area contributed by atoms with E-state index in [9.17, 15) is 4.79 Å². The summed E-state index contributed by atoms with van der Waals surface area (Å²) in [6.45, 7) is 4.55. The molecular formula is C32H31N3O2. The summed E-state index contributed by atoms with van der Waals surface area (Å²) in [5, 5.41) is 3.03. The van der Waals surface area contributed by atoms with Crippen LogP contribution in [0.3, 0.4) is 0 Å². The molecule has 1 saturated heterocycles. The summed E-state index contributed by atoms with van der Waals surface area (Å²) >= 11 is 0. The van der Waals surface area contributed by atoms with E-state index in [1.165, 1.54) is 22.3 Å². The molecule has 1 amide bonds. The van der Waals surface area contributed by atoms with Crippen molar-refractivity contribution in [1.82, 2.24) is 9.80 Å². The molecule has 1 aliphatic carbocycles. The third-order valence-corrected chi connectivity index (χ3v) is 7.33. The molecule has 6 rings (SSSR count). The van der Waals surface area contributed by atoms with Crippen molar-refractivity contribution < 1.29 is 9.53 Å². The Hall–Kier alpha value is -3.93. The fraction of sp³-hybridized carbons (Fsp3) is 0.219. The van der Waals surface area contributed by atoms with E-state index in [4.69, 9.17) is 4.74 Å². The van der Waals surface area contributed by atoms with Crippen molar-refractivity contribution in [2.24, 2.45) is 0 Å². The van der Waals surface area contributed by atoms with E-state index in [2.05, 4.69) is 63.6 Å². The van der Waals surface area contributed by atoms with Crippen molar-refractivity contribution in [3.05, 3.63) is 120 Å². The molecule has 186 valence electrons. The Kier molecular flexibility index (Phi) is 6.72. The van der Waals surface area contributed by atoms with Crippen LogP contribution in [-0.2, 0) is 11.4 Å². The van der Waals surface area contributed by atoms with Gasteiger partial charge in [0.25, 0.3) is 0 Å². The molecule has 0 radical (unpaired) electrons. The average Bonchev–Trinajstić information content (AvgIpc) is 3.28. The second-order valence-corrected chi connectivity index (χ2v) is 9.74. The molecule has 37 heavy (non-hydrogen) atoms. The van der Waals surface area contributed by atoms with Gasteiger partial charge in [0.15, 0.2) is 0 Å². The SMILES string of the molecule is O=C(CN1CCN(C2c3ccccc3-c3ccccc32)CC1)Nc1ccc(OCc2ccccc2)cc1. The zero-order valence-corrected chi connectivity index (χ0v) is 20.8. The minimum absolute atomic E-state index is 0.0166. The number of anilines is 1. The number of fused-ring (bicyclic) bond motifs is 3. The van der Waals surface area contributed by atoms with Gasteiger partial charge in [-0.1, -0.05) is 78.9 Å². The smallest absolute Gasteiger partial charge is 0.238 e. The first-order valence-corrected chi connectivity index (χ1v) is 13.0. The first-order valence-electron chi connectivity index (χ1n) is 13.0. The van der Waals surface area contributed by atoms with Gasteiger partial charge >= 0.3 is 0 Å². The lowest BCUT2D eigenvalue weighted by molar-refractivity contribution is -0.117. The summed E-state index contributed by atoms with van der Waals surface area (Å²) < 4.78 is 5.84. The van der Waals surface area contributed by atoms with Crippen LogP contribution < -0.4 is 10.1 Å². The summed E-state index contributed by atoms with van der Waals surface area (Å²) in [4.78, 5) is 17.6. The molecule has 0 bridgehead atoms. The molecule has 1 fully saturated rings. The lowest BCUT2D eigenvalue weighted by Gasteiger charge is -2.38. The quantitative estimate of drug-likeness (QED) is 0.368. The zero-order chi connectivity index (χ0) is 25.0. The van der Waals surface area contributed by atoms with Gasteiger partial charge in [0.2, 0.25) is 5.91 Å². The highest BCUT2D eigenvalue weighted by Gasteiger charge is 2.34. The Balaban J connectivity index is 1.01. The van der Waals surface area contributed by atoms with E-state index >= 15 is 0 Å². The Morgan fingerprint density at radius 2 is 1.32 bits per heavy atom. The fourth-order valence-corrected chi connectivity index (χ4v) is 5.48. The maximum absolute atomic E-state index is 12.7. The maximum atomic E-state index is 12.7. The number of carbonyl (C=O) groups excluding carboxylic acids is 1. The number of nitrogens with zero attached hydrogens (tertiary/aromatic N) is 2. The van der Waals surface area contributed by atoms with Gasteiger partial charge in [0.1, 0.15) is 12.4 Å². The first-order chi connectivity index (χ1) is 18.2. The van der Waals surface area contributed by atoms with Crippen LogP contribution in [0.4, 0.5) is 5.69 Å². The number of rotatable bonds is 7. The number of hydrogen-bond donors (Lipinski definition) is 1. The normalized spacial score (nSPS) is 15.7. The molecule has 0 aromatic heterocycles. The topological polar surface area (TPSA) is 44.8 Å². The van der Waals surface area contributed by atoms with Gasteiger partial charge in [0.05, 0.1) is 12.6 Å². The van der Waals surface area contributed by atoms with E-state index in [0.717, 1.165) is 43.2 Å². The van der Waals surface area contributed by atoms with E-state index in [0.29, 0.717) is 19.2 Å². The second-order valence-electron chi connectivity index (χ2n) is 9.74. The maximum Gasteiger partial charge on any atom is 0.238 e. The third kappa shape index (κ3) is 5.15. The molecule has 0 spiro atoms. The minimum atomic E-state index is 0.0166. The number of amides is 1. The average molecular weight is 490 g/mol. The number of nitrogens with one attached hydrogen (secondary N) is 1. The molecule has 5 nitrogen and oxygen atoms in total. The van der Waals surface area contributed by atoms with Crippen molar-refractivity contribution in [3.63, 3.8) is 0 Å². The van der Waals surface area contributed by atoms with Gasteiger partial charge in [0, 0.05) is 31.9 Å². The Morgan fingerprint density at radius 3 is 1.97 bits per heavy atom. The van der Waals surface area contributed by atoms with Crippen molar-refractivity contribution >= 4 is 11.6 Å². The third-order valence-electron chi connectivity index (χ3n) is 7.33. The lowest BCUT2D eigenvalue weighted by atomic mass is 10.0. The number of piperazine rings is 1. The number of hydrogen-bond acceptors (Lipinski definition) is 4. The molecule has 1 heterocycles. The van der Waals surface area contributed by atoms with E-state index in [1.54, 1.807) is 0 Å². The van der Waals surface area contributed by atoms with Gasteiger partial charge in [-0.2, -0.15) is 0 Å². The van der Waals surface area contributed by atoms with Gasteiger partial charge in [-0.05, 0) is 52.1 Å². The lowest BCUT2D eigenvalue weighted by Crippen LogP contribution is -2.49. The minimum Gasteiger partial charge on any atom is -0.489 e. The molecule has 5 heteroatoms. The number of carbonyl (C=O) groups is 1. The van der Waals surface area contributed by atoms with Crippen molar-refractivity contribution in [2.45, 2.75) is 12.6 Å². The van der Waals surface area contributed by atoms with Crippen LogP contribution in [-0.4, -0.2) is 48.4 Å². The molecule has 0 atom stereocenters. The van der Waals surface area contributed by atoms with Crippen molar-refractivity contribution in [3.8, 4) is 16.9 Å². The summed E-state index contributed by atoms with van der Waals surface area (Å²) in [6.07, 6.45) is 0. The molecule has 2 aliphatic rings. The summed E-state index contributed by atoms with van der Waals surface area (Å²) in [6, 6.07) is 35.5. The van der Waals surface area contributed by atoms with E-state index in [-0.39, 0.29) is 5.91 Å². The van der Waals surface area contributed by atoms with E-state index in [1.807, 2.05) is 54.6 Å².